The van der Waals surface area contributed by atoms with Crippen molar-refractivity contribution in [2.75, 3.05) is 6.54 Å². The Morgan fingerprint density at radius 2 is 1.72 bits per heavy atom. The maximum Gasteiger partial charge on any atom is -0.00772 e. The molecule has 0 radical (unpaired) electrons. The molecule has 1 aliphatic carbocycles. The van der Waals surface area contributed by atoms with Gasteiger partial charge in [0.25, 0.3) is 0 Å². The molecule has 0 saturated heterocycles. The molecule has 0 spiro atoms. The Bertz CT molecular complexity index is 220. The highest BCUT2D eigenvalue weighted by Gasteiger charge is 2.23. The molecule has 0 aromatic carbocycles. The van der Waals surface area contributed by atoms with Crippen LogP contribution in [0, 0.1) is 11.8 Å². The van der Waals surface area contributed by atoms with E-state index in [4.69, 9.17) is 5.73 Å². The zero-order valence-electron chi connectivity index (χ0n) is 12.4. The lowest BCUT2D eigenvalue weighted by atomic mass is 9.74. The van der Waals surface area contributed by atoms with Gasteiger partial charge >= 0.3 is 0 Å². The van der Waals surface area contributed by atoms with Gasteiger partial charge in [-0.25, -0.2) is 0 Å². The van der Waals surface area contributed by atoms with Gasteiger partial charge in [0.2, 0.25) is 0 Å². The summed E-state index contributed by atoms with van der Waals surface area (Å²) in [5.74, 6) is 2.01. The van der Waals surface area contributed by atoms with Gasteiger partial charge in [-0.2, -0.15) is 0 Å². The first-order valence-electron chi connectivity index (χ1n) is 8.14. The zero-order valence-corrected chi connectivity index (χ0v) is 12.4. The second-order valence-corrected chi connectivity index (χ2v) is 6.13. The Morgan fingerprint density at radius 3 is 2.33 bits per heavy atom. The van der Waals surface area contributed by atoms with Gasteiger partial charge in [-0.1, -0.05) is 57.6 Å². The summed E-state index contributed by atoms with van der Waals surface area (Å²) in [7, 11) is 0. The van der Waals surface area contributed by atoms with Gasteiger partial charge in [0.15, 0.2) is 0 Å². The molecule has 0 heterocycles. The predicted molar refractivity (Wildman–Crippen MR) is 81.6 cm³/mol. The summed E-state index contributed by atoms with van der Waals surface area (Å²) in [6, 6.07) is 0. The van der Waals surface area contributed by atoms with Crippen molar-refractivity contribution in [3.05, 3.63) is 12.2 Å². The molecule has 2 N–H and O–H groups in total. The van der Waals surface area contributed by atoms with Crippen molar-refractivity contribution in [2.24, 2.45) is 17.6 Å². The van der Waals surface area contributed by atoms with Crippen LogP contribution >= 0.6 is 0 Å². The Labute approximate surface area is 114 Å². The number of unbranched alkanes of at least 4 members (excludes halogenated alkanes) is 1. The van der Waals surface area contributed by atoms with Crippen LogP contribution in [0.5, 0.6) is 0 Å². The van der Waals surface area contributed by atoms with Crippen LogP contribution in [-0.4, -0.2) is 6.54 Å². The summed E-state index contributed by atoms with van der Waals surface area (Å²) in [6.45, 7) is 7.40. The van der Waals surface area contributed by atoms with E-state index in [-0.39, 0.29) is 0 Å². The lowest BCUT2D eigenvalue weighted by Gasteiger charge is -2.31. The average molecular weight is 251 g/mol. The van der Waals surface area contributed by atoms with Crippen LogP contribution in [0.1, 0.15) is 77.6 Å². The first-order chi connectivity index (χ1) is 8.77. The number of hydrogen-bond donors (Lipinski definition) is 1. The van der Waals surface area contributed by atoms with E-state index in [9.17, 15) is 0 Å². The largest absolute Gasteiger partial charge is 0.330 e. The Balaban J connectivity index is 2.20. The second-order valence-electron chi connectivity index (χ2n) is 6.13. The molecule has 1 heteroatoms. The molecule has 2 atom stereocenters. The third kappa shape index (κ3) is 6.04. The van der Waals surface area contributed by atoms with Crippen LogP contribution in [0.3, 0.4) is 0 Å². The van der Waals surface area contributed by atoms with Gasteiger partial charge < -0.3 is 5.73 Å². The zero-order chi connectivity index (χ0) is 13.2. The van der Waals surface area contributed by atoms with Gasteiger partial charge in [-0.05, 0) is 50.5 Å². The summed E-state index contributed by atoms with van der Waals surface area (Å²) in [6.07, 6.45) is 14.9. The Morgan fingerprint density at radius 1 is 1.06 bits per heavy atom. The van der Waals surface area contributed by atoms with Crippen molar-refractivity contribution in [1.29, 1.82) is 0 Å². The van der Waals surface area contributed by atoms with E-state index in [1.807, 2.05) is 0 Å². The topological polar surface area (TPSA) is 26.0 Å². The fourth-order valence-electron chi connectivity index (χ4n) is 3.45. The van der Waals surface area contributed by atoms with Crippen molar-refractivity contribution in [3.63, 3.8) is 0 Å². The quantitative estimate of drug-likeness (QED) is 0.450. The first-order valence-corrected chi connectivity index (χ1v) is 8.14. The molecule has 1 rings (SSSR count). The van der Waals surface area contributed by atoms with Crippen LogP contribution in [-0.2, 0) is 0 Å². The second kappa shape index (κ2) is 9.61. The molecule has 0 bridgehead atoms. The molecule has 0 aliphatic heterocycles. The molecule has 1 nitrogen and oxygen atoms in total. The molecule has 1 aliphatic rings. The van der Waals surface area contributed by atoms with Crippen LogP contribution < -0.4 is 5.73 Å². The van der Waals surface area contributed by atoms with E-state index in [1.165, 1.54) is 69.8 Å². The molecule has 0 aromatic rings. The summed E-state index contributed by atoms with van der Waals surface area (Å²) < 4.78 is 0. The minimum Gasteiger partial charge on any atom is -0.330 e. The van der Waals surface area contributed by atoms with Crippen molar-refractivity contribution < 1.29 is 0 Å². The molecule has 0 amide bonds. The maximum atomic E-state index is 5.53. The SMILES string of the molecule is C=C(CCCCN)CCC1CCCCC1CCC. The summed E-state index contributed by atoms with van der Waals surface area (Å²) in [4.78, 5) is 0. The van der Waals surface area contributed by atoms with Crippen LogP contribution in [0.25, 0.3) is 0 Å². The average Bonchev–Trinajstić information content (AvgIpc) is 2.38. The lowest BCUT2D eigenvalue weighted by molar-refractivity contribution is 0.210. The summed E-state index contributed by atoms with van der Waals surface area (Å²) in [5, 5.41) is 0. The summed E-state index contributed by atoms with van der Waals surface area (Å²) in [5.41, 5.74) is 6.99. The molecule has 18 heavy (non-hydrogen) atoms. The molecular weight excluding hydrogens is 218 g/mol. The number of allylic oxidation sites excluding steroid dienone is 1. The lowest BCUT2D eigenvalue weighted by Crippen LogP contribution is -2.19. The third-order valence-corrected chi connectivity index (χ3v) is 4.58. The molecular formula is C17H33N. The van der Waals surface area contributed by atoms with Crippen LogP contribution in [0.2, 0.25) is 0 Å². The number of hydrogen-bond acceptors (Lipinski definition) is 1. The highest BCUT2D eigenvalue weighted by molar-refractivity contribution is 4.94. The maximum absolute atomic E-state index is 5.53. The highest BCUT2D eigenvalue weighted by atomic mass is 14.5. The van der Waals surface area contributed by atoms with Gasteiger partial charge in [0, 0.05) is 0 Å². The predicted octanol–water partition coefficient (Wildman–Crippen LogP) is 5.06. The van der Waals surface area contributed by atoms with Crippen molar-refractivity contribution in [1.82, 2.24) is 0 Å². The van der Waals surface area contributed by atoms with E-state index < -0.39 is 0 Å². The minimum atomic E-state index is 0.828. The van der Waals surface area contributed by atoms with E-state index in [0.717, 1.165) is 24.8 Å². The smallest absolute Gasteiger partial charge is 0.00772 e. The van der Waals surface area contributed by atoms with E-state index in [1.54, 1.807) is 0 Å². The Hall–Kier alpha value is -0.300. The Kier molecular flexibility index (Phi) is 8.41. The molecule has 106 valence electrons. The van der Waals surface area contributed by atoms with Crippen molar-refractivity contribution in [3.8, 4) is 0 Å². The molecule has 0 aromatic heterocycles. The minimum absolute atomic E-state index is 0.828. The van der Waals surface area contributed by atoms with Crippen molar-refractivity contribution >= 4 is 0 Å². The van der Waals surface area contributed by atoms with Gasteiger partial charge in [-0.15, -0.1) is 0 Å². The standard InChI is InChI=1S/C17H33N/c1-3-8-16-10-4-5-11-17(16)13-12-15(2)9-6-7-14-18/h16-17H,2-14,18H2,1H3. The highest BCUT2D eigenvalue weighted by Crippen LogP contribution is 2.36. The van der Waals surface area contributed by atoms with E-state index in [2.05, 4.69) is 13.5 Å². The summed E-state index contributed by atoms with van der Waals surface area (Å²) >= 11 is 0. The van der Waals surface area contributed by atoms with Gasteiger partial charge in [0.1, 0.15) is 0 Å². The van der Waals surface area contributed by atoms with Gasteiger partial charge in [0.05, 0.1) is 0 Å². The fourth-order valence-corrected chi connectivity index (χ4v) is 3.45. The monoisotopic (exact) mass is 251 g/mol. The molecule has 1 saturated carbocycles. The third-order valence-electron chi connectivity index (χ3n) is 4.58. The molecule has 1 fully saturated rings. The van der Waals surface area contributed by atoms with Crippen LogP contribution in [0.15, 0.2) is 12.2 Å². The molecule has 2 unspecified atom stereocenters. The number of nitrogens with two attached hydrogens (primary N) is 1. The van der Waals surface area contributed by atoms with Crippen LogP contribution in [0.4, 0.5) is 0 Å². The fraction of sp³-hybridized carbons (Fsp3) is 0.882. The van der Waals surface area contributed by atoms with Gasteiger partial charge in [-0.3, -0.25) is 0 Å². The van der Waals surface area contributed by atoms with E-state index in [0.29, 0.717) is 0 Å². The number of rotatable bonds is 9. The van der Waals surface area contributed by atoms with Crippen molar-refractivity contribution in [2.45, 2.75) is 77.6 Å². The first kappa shape index (κ1) is 15.8. The normalized spacial score (nSPS) is 24.1. The van der Waals surface area contributed by atoms with E-state index >= 15 is 0 Å².